The van der Waals surface area contributed by atoms with Crippen molar-refractivity contribution in [2.75, 3.05) is 19.6 Å². The van der Waals surface area contributed by atoms with E-state index in [1.165, 1.54) is 12.1 Å². The monoisotopic (exact) mass is 205 g/mol. The third-order valence-electron chi connectivity index (χ3n) is 3.33. The molecule has 0 bridgehead atoms. The first kappa shape index (κ1) is 10.6. The smallest absolute Gasteiger partial charge is 0.0578 e. The Kier molecular flexibility index (Phi) is 3.34. The number of pyridine rings is 1. The minimum absolute atomic E-state index is 0.432. The van der Waals surface area contributed by atoms with Crippen LogP contribution in [0.4, 0.5) is 0 Å². The van der Waals surface area contributed by atoms with Crippen LogP contribution in [0.15, 0.2) is 24.4 Å². The van der Waals surface area contributed by atoms with Crippen molar-refractivity contribution in [1.29, 1.82) is 0 Å². The Morgan fingerprint density at radius 3 is 3.00 bits per heavy atom. The predicted octanol–water partition coefficient (Wildman–Crippen LogP) is 1.42. The van der Waals surface area contributed by atoms with Crippen molar-refractivity contribution in [3.05, 3.63) is 30.1 Å². The minimum atomic E-state index is 0.432. The van der Waals surface area contributed by atoms with Gasteiger partial charge in [0, 0.05) is 6.20 Å². The van der Waals surface area contributed by atoms with Crippen LogP contribution in [0.1, 0.15) is 25.1 Å². The summed E-state index contributed by atoms with van der Waals surface area (Å²) in [6, 6.07) is 6.57. The highest BCUT2D eigenvalue weighted by atomic mass is 15.2. The zero-order valence-corrected chi connectivity index (χ0v) is 9.26. The molecular weight excluding hydrogens is 186 g/mol. The van der Waals surface area contributed by atoms with Gasteiger partial charge in [0.25, 0.3) is 0 Å². The van der Waals surface area contributed by atoms with Crippen molar-refractivity contribution in [3.63, 3.8) is 0 Å². The Labute approximate surface area is 91.3 Å². The van der Waals surface area contributed by atoms with E-state index in [1.54, 1.807) is 0 Å². The van der Waals surface area contributed by atoms with Gasteiger partial charge in [-0.1, -0.05) is 13.0 Å². The molecule has 3 heteroatoms. The van der Waals surface area contributed by atoms with Crippen molar-refractivity contribution in [2.24, 2.45) is 11.7 Å². The fourth-order valence-corrected chi connectivity index (χ4v) is 2.51. The quantitative estimate of drug-likeness (QED) is 0.811. The molecule has 0 radical (unpaired) electrons. The molecule has 1 aromatic rings. The zero-order chi connectivity index (χ0) is 10.7. The van der Waals surface area contributed by atoms with E-state index in [0.717, 1.165) is 19.6 Å². The Bertz CT molecular complexity index is 287. The van der Waals surface area contributed by atoms with Crippen LogP contribution in [0.25, 0.3) is 0 Å². The number of likely N-dealkylation sites (tertiary alicyclic amines) is 1. The number of aromatic nitrogens is 1. The largest absolute Gasteiger partial charge is 0.330 e. The maximum atomic E-state index is 5.82. The normalized spacial score (nSPS) is 27.1. The van der Waals surface area contributed by atoms with Gasteiger partial charge in [-0.15, -0.1) is 0 Å². The molecule has 1 aliphatic rings. The maximum absolute atomic E-state index is 5.82. The van der Waals surface area contributed by atoms with Gasteiger partial charge in [0.1, 0.15) is 0 Å². The lowest BCUT2D eigenvalue weighted by molar-refractivity contribution is 0.237. The minimum Gasteiger partial charge on any atom is -0.330 e. The molecule has 2 unspecified atom stereocenters. The molecule has 1 fully saturated rings. The molecule has 0 amide bonds. The Balaban J connectivity index is 2.23. The van der Waals surface area contributed by atoms with E-state index in [0.29, 0.717) is 12.0 Å². The molecule has 1 aliphatic heterocycles. The molecule has 0 aliphatic carbocycles. The summed E-state index contributed by atoms with van der Waals surface area (Å²) < 4.78 is 0. The van der Waals surface area contributed by atoms with Gasteiger partial charge in [-0.2, -0.15) is 0 Å². The molecule has 2 N–H and O–H groups in total. The van der Waals surface area contributed by atoms with Crippen LogP contribution in [0.2, 0.25) is 0 Å². The molecule has 2 heterocycles. The van der Waals surface area contributed by atoms with Gasteiger partial charge in [0.05, 0.1) is 11.7 Å². The topological polar surface area (TPSA) is 42.1 Å². The highest BCUT2D eigenvalue weighted by Crippen LogP contribution is 2.34. The van der Waals surface area contributed by atoms with E-state index < -0.39 is 0 Å². The highest BCUT2D eigenvalue weighted by Gasteiger charge is 2.33. The third kappa shape index (κ3) is 2.03. The average Bonchev–Trinajstić information content (AvgIpc) is 2.72. The summed E-state index contributed by atoms with van der Waals surface area (Å²) in [5, 5.41) is 0. The Morgan fingerprint density at radius 2 is 2.40 bits per heavy atom. The Morgan fingerprint density at radius 1 is 1.53 bits per heavy atom. The van der Waals surface area contributed by atoms with Gasteiger partial charge in [-0.3, -0.25) is 9.88 Å². The molecular formula is C12H19N3. The van der Waals surface area contributed by atoms with Crippen molar-refractivity contribution >= 4 is 0 Å². The molecule has 0 spiro atoms. The average molecular weight is 205 g/mol. The van der Waals surface area contributed by atoms with Crippen LogP contribution in [-0.2, 0) is 0 Å². The summed E-state index contributed by atoms with van der Waals surface area (Å²) in [5.41, 5.74) is 7.00. The van der Waals surface area contributed by atoms with Crippen LogP contribution >= 0.6 is 0 Å². The molecule has 3 nitrogen and oxygen atoms in total. The molecule has 2 rings (SSSR count). The molecule has 82 valence electrons. The summed E-state index contributed by atoms with van der Waals surface area (Å²) >= 11 is 0. The molecule has 15 heavy (non-hydrogen) atoms. The second kappa shape index (κ2) is 4.73. The second-order valence-electron chi connectivity index (χ2n) is 4.11. The number of rotatable bonds is 3. The SMILES string of the molecule is CCN1CCC(CN)C1c1ccccn1. The molecule has 1 aromatic heterocycles. The van der Waals surface area contributed by atoms with Gasteiger partial charge < -0.3 is 5.73 Å². The van der Waals surface area contributed by atoms with Crippen LogP contribution in [0.5, 0.6) is 0 Å². The number of nitrogens with two attached hydrogens (primary N) is 1. The maximum Gasteiger partial charge on any atom is 0.0578 e. The van der Waals surface area contributed by atoms with Crippen molar-refractivity contribution < 1.29 is 0 Å². The zero-order valence-electron chi connectivity index (χ0n) is 9.26. The lowest BCUT2D eigenvalue weighted by atomic mass is 9.97. The van der Waals surface area contributed by atoms with E-state index in [1.807, 2.05) is 12.3 Å². The van der Waals surface area contributed by atoms with E-state index in [2.05, 4.69) is 28.9 Å². The van der Waals surface area contributed by atoms with E-state index in [4.69, 9.17) is 5.73 Å². The summed E-state index contributed by atoms with van der Waals surface area (Å²) in [6.07, 6.45) is 3.07. The van der Waals surface area contributed by atoms with E-state index >= 15 is 0 Å². The predicted molar refractivity (Wildman–Crippen MR) is 61.4 cm³/mol. The van der Waals surface area contributed by atoms with E-state index in [9.17, 15) is 0 Å². The first-order valence-electron chi connectivity index (χ1n) is 5.71. The number of hydrogen-bond acceptors (Lipinski definition) is 3. The first-order valence-corrected chi connectivity index (χ1v) is 5.71. The molecule has 0 saturated carbocycles. The van der Waals surface area contributed by atoms with Crippen molar-refractivity contribution in [2.45, 2.75) is 19.4 Å². The van der Waals surface area contributed by atoms with E-state index in [-0.39, 0.29) is 0 Å². The summed E-state index contributed by atoms with van der Waals surface area (Å²) in [4.78, 5) is 6.93. The molecule has 2 atom stereocenters. The van der Waals surface area contributed by atoms with Crippen molar-refractivity contribution in [1.82, 2.24) is 9.88 Å². The highest BCUT2D eigenvalue weighted by molar-refractivity contribution is 5.12. The molecule has 1 saturated heterocycles. The van der Waals surface area contributed by atoms with Gasteiger partial charge in [-0.05, 0) is 44.1 Å². The lowest BCUT2D eigenvalue weighted by Crippen LogP contribution is -2.28. The summed E-state index contributed by atoms with van der Waals surface area (Å²) in [7, 11) is 0. The van der Waals surface area contributed by atoms with Gasteiger partial charge in [-0.25, -0.2) is 0 Å². The van der Waals surface area contributed by atoms with Gasteiger partial charge >= 0.3 is 0 Å². The standard InChI is InChI=1S/C12H19N3/c1-2-15-8-6-10(9-13)12(15)11-5-3-4-7-14-11/h3-5,7,10,12H,2,6,8-9,13H2,1H3. The summed E-state index contributed by atoms with van der Waals surface area (Å²) in [6.45, 7) is 5.20. The number of nitrogens with zero attached hydrogens (tertiary/aromatic N) is 2. The van der Waals surface area contributed by atoms with Gasteiger partial charge in [0.2, 0.25) is 0 Å². The van der Waals surface area contributed by atoms with Crippen LogP contribution in [0.3, 0.4) is 0 Å². The van der Waals surface area contributed by atoms with Gasteiger partial charge in [0.15, 0.2) is 0 Å². The first-order chi connectivity index (χ1) is 7.36. The van der Waals surface area contributed by atoms with Crippen LogP contribution < -0.4 is 5.73 Å². The van der Waals surface area contributed by atoms with Crippen LogP contribution in [0, 0.1) is 5.92 Å². The fraction of sp³-hybridized carbons (Fsp3) is 0.583. The Hall–Kier alpha value is -0.930. The fourth-order valence-electron chi connectivity index (χ4n) is 2.51. The molecule has 0 aromatic carbocycles. The summed E-state index contributed by atoms with van der Waals surface area (Å²) in [5.74, 6) is 0.569. The lowest BCUT2D eigenvalue weighted by Gasteiger charge is -2.25. The third-order valence-corrected chi connectivity index (χ3v) is 3.33. The second-order valence-corrected chi connectivity index (χ2v) is 4.11. The van der Waals surface area contributed by atoms with Crippen LogP contribution in [-0.4, -0.2) is 29.5 Å². The number of hydrogen-bond donors (Lipinski definition) is 1. The van der Waals surface area contributed by atoms with Crippen molar-refractivity contribution in [3.8, 4) is 0 Å².